The molecule has 1 amide bonds. The molecule has 1 aromatic carbocycles. The zero-order valence-corrected chi connectivity index (χ0v) is 9.97. The second kappa shape index (κ2) is 4.47. The van der Waals surface area contributed by atoms with Crippen molar-refractivity contribution in [3.05, 3.63) is 35.9 Å². The number of hydrogen-bond donors (Lipinski definition) is 2. The molecule has 1 aliphatic heterocycles. The van der Waals surface area contributed by atoms with Gasteiger partial charge in [-0.2, -0.15) is 0 Å². The van der Waals surface area contributed by atoms with Gasteiger partial charge in [0, 0.05) is 25.6 Å². The fourth-order valence-electron chi connectivity index (χ4n) is 2.09. The van der Waals surface area contributed by atoms with Gasteiger partial charge in [0.1, 0.15) is 5.54 Å². The van der Waals surface area contributed by atoms with Gasteiger partial charge in [-0.3, -0.25) is 4.79 Å². The molecule has 0 saturated carbocycles. The zero-order chi connectivity index (χ0) is 12.5. The van der Waals surface area contributed by atoms with Crippen LogP contribution < -0.4 is 5.73 Å². The van der Waals surface area contributed by atoms with Crippen molar-refractivity contribution in [2.75, 3.05) is 19.7 Å². The number of likely N-dealkylation sites (tertiary alicyclic amines) is 1. The molecule has 0 spiro atoms. The predicted molar refractivity (Wildman–Crippen MR) is 65.1 cm³/mol. The lowest BCUT2D eigenvalue weighted by molar-refractivity contribution is -0.144. The van der Waals surface area contributed by atoms with Gasteiger partial charge in [0.2, 0.25) is 5.91 Å². The van der Waals surface area contributed by atoms with Crippen LogP contribution in [-0.2, 0) is 10.3 Å². The van der Waals surface area contributed by atoms with Crippen molar-refractivity contribution in [1.29, 1.82) is 0 Å². The van der Waals surface area contributed by atoms with Crippen molar-refractivity contribution in [2.45, 2.75) is 12.5 Å². The van der Waals surface area contributed by atoms with E-state index in [1.807, 2.05) is 30.3 Å². The molecule has 3 N–H and O–H groups in total. The molecule has 1 heterocycles. The zero-order valence-electron chi connectivity index (χ0n) is 9.97. The van der Waals surface area contributed by atoms with Crippen LogP contribution in [0.5, 0.6) is 0 Å². The summed E-state index contributed by atoms with van der Waals surface area (Å²) in [6.45, 7) is 3.08. The molecule has 0 radical (unpaired) electrons. The van der Waals surface area contributed by atoms with Crippen LogP contribution in [0.4, 0.5) is 0 Å². The first kappa shape index (κ1) is 12.1. The Morgan fingerprint density at radius 3 is 2.59 bits per heavy atom. The fourth-order valence-corrected chi connectivity index (χ4v) is 2.09. The molecule has 1 aliphatic rings. The normalized spacial score (nSPS) is 19.6. The van der Waals surface area contributed by atoms with E-state index in [0.717, 1.165) is 5.56 Å². The van der Waals surface area contributed by atoms with E-state index in [1.54, 1.807) is 11.8 Å². The van der Waals surface area contributed by atoms with Crippen LogP contribution in [0.2, 0.25) is 0 Å². The summed E-state index contributed by atoms with van der Waals surface area (Å²) in [5, 5.41) is 8.94. The van der Waals surface area contributed by atoms with Crippen molar-refractivity contribution < 1.29 is 9.90 Å². The Bertz CT molecular complexity index is 397. The minimum Gasteiger partial charge on any atom is -0.396 e. The molecule has 1 saturated heterocycles. The minimum absolute atomic E-state index is 0.0756. The smallest absolute Gasteiger partial charge is 0.246 e. The van der Waals surface area contributed by atoms with E-state index in [0.29, 0.717) is 13.1 Å². The van der Waals surface area contributed by atoms with Gasteiger partial charge in [0.25, 0.3) is 0 Å². The number of aliphatic hydroxyl groups excluding tert-OH is 1. The molecule has 1 atom stereocenters. The topological polar surface area (TPSA) is 66.6 Å². The monoisotopic (exact) mass is 234 g/mol. The molecular weight excluding hydrogens is 216 g/mol. The first-order valence-electron chi connectivity index (χ1n) is 5.80. The first-order valence-corrected chi connectivity index (χ1v) is 5.80. The Morgan fingerprint density at radius 1 is 1.47 bits per heavy atom. The highest BCUT2D eigenvalue weighted by Gasteiger charge is 2.39. The van der Waals surface area contributed by atoms with Gasteiger partial charge in [0.05, 0.1) is 0 Å². The third kappa shape index (κ3) is 2.18. The number of benzene rings is 1. The Hall–Kier alpha value is -1.39. The molecule has 17 heavy (non-hydrogen) atoms. The number of amides is 1. The second-order valence-electron chi connectivity index (χ2n) is 4.83. The van der Waals surface area contributed by atoms with E-state index in [9.17, 15) is 4.79 Å². The maximum atomic E-state index is 12.2. The summed E-state index contributed by atoms with van der Waals surface area (Å²) in [7, 11) is 0. The molecule has 1 aromatic rings. The maximum absolute atomic E-state index is 12.2. The van der Waals surface area contributed by atoms with Crippen LogP contribution in [0, 0.1) is 5.92 Å². The summed E-state index contributed by atoms with van der Waals surface area (Å²) in [5.41, 5.74) is 5.96. The standard InChI is InChI=1S/C13H18N2O2/c1-13(14,11-5-3-2-4-6-11)12(17)15-7-10(8-15)9-16/h2-6,10,16H,7-9,14H2,1H3. The van der Waals surface area contributed by atoms with Crippen molar-refractivity contribution in [2.24, 2.45) is 11.7 Å². The molecule has 0 aromatic heterocycles. The largest absolute Gasteiger partial charge is 0.396 e. The summed E-state index contributed by atoms with van der Waals surface area (Å²) in [4.78, 5) is 13.9. The quantitative estimate of drug-likeness (QED) is 0.791. The van der Waals surface area contributed by atoms with Crippen LogP contribution in [0.3, 0.4) is 0 Å². The number of rotatable bonds is 3. The van der Waals surface area contributed by atoms with Gasteiger partial charge in [-0.05, 0) is 12.5 Å². The third-order valence-electron chi connectivity index (χ3n) is 3.32. The summed E-state index contributed by atoms with van der Waals surface area (Å²) in [5.74, 6) is 0.138. The summed E-state index contributed by atoms with van der Waals surface area (Å²) < 4.78 is 0. The van der Waals surface area contributed by atoms with Crippen molar-refractivity contribution in [1.82, 2.24) is 4.90 Å². The average molecular weight is 234 g/mol. The maximum Gasteiger partial charge on any atom is 0.246 e. The Balaban J connectivity index is 2.09. The first-order chi connectivity index (χ1) is 8.05. The minimum atomic E-state index is -0.984. The van der Waals surface area contributed by atoms with Crippen molar-refractivity contribution in [3.8, 4) is 0 Å². The van der Waals surface area contributed by atoms with Crippen LogP contribution in [0.15, 0.2) is 30.3 Å². The van der Waals surface area contributed by atoms with Crippen molar-refractivity contribution >= 4 is 5.91 Å². The summed E-state index contributed by atoms with van der Waals surface area (Å²) in [6.07, 6.45) is 0. The highest BCUT2D eigenvalue weighted by molar-refractivity contribution is 5.87. The van der Waals surface area contributed by atoms with Crippen molar-refractivity contribution in [3.63, 3.8) is 0 Å². The van der Waals surface area contributed by atoms with Gasteiger partial charge in [-0.1, -0.05) is 30.3 Å². The Kier molecular flexibility index (Phi) is 3.17. The molecule has 1 fully saturated rings. The van der Waals surface area contributed by atoms with Crippen LogP contribution in [-0.4, -0.2) is 35.6 Å². The predicted octanol–water partition coefficient (Wildman–Crippen LogP) is 0.311. The van der Waals surface area contributed by atoms with Gasteiger partial charge in [0.15, 0.2) is 0 Å². The Morgan fingerprint density at radius 2 is 2.06 bits per heavy atom. The van der Waals surface area contributed by atoms with E-state index in [4.69, 9.17) is 10.8 Å². The van der Waals surface area contributed by atoms with Crippen LogP contribution in [0.1, 0.15) is 12.5 Å². The molecule has 2 rings (SSSR count). The lowest BCUT2D eigenvalue weighted by Crippen LogP contribution is -2.59. The fraction of sp³-hybridized carbons (Fsp3) is 0.462. The highest BCUT2D eigenvalue weighted by Crippen LogP contribution is 2.25. The number of hydrogen-bond acceptors (Lipinski definition) is 3. The number of aliphatic hydroxyl groups is 1. The number of carbonyl (C=O) groups is 1. The molecule has 92 valence electrons. The third-order valence-corrected chi connectivity index (χ3v) is 3.32. The lowest BCUT2D eigenvalue weighted by atomic mass is 9.89. The number of carbonyl (C=O) groups excluding carboxylic acids is 1. The van der Waals surface area contributed by atoms with E-state index < -0.39 is 5.54 Å². The van der Waals surface area contributed by atoms with E-state index in [2.05, 4.69) is 0 Å². The Labute approximate surface area is 101 Å². The summed E-state index contributed by atoms with van der Waals surface area (Å²) >= 11 is 0. The highest BCUT2D eigenvalue weighted by atomic mass is 16.3. The van der Waals surface area contributed by atoms with Gasteiger partial charge in [-0.25, -0.2) is 0 Å². The SMILES string of the molecule is CC(N)(C(=O)N1CC(CO)C1)c1ccccc1. The molecule has 1 unspecified atom stereocenters. The van der Waals surface area contributed by atoms with E-state index in [1.165, 1.54) is 0 Å². The number of nitrogens with two attached hydrogens (primary N) is 1. The molecular formula is C13H18N2O2. The van der Waals surface area contributed by atoms with E-state index in [-0.39, 0.29) is 18.4 Å². The summed E-state index contributed by atoms with van der Waals surface area (Å²) in [6, 6.07) is 9.37. The lowest BCUT2D eigenvalue weighted by Gasteiger charge is -2.42. The number of nitrogens with zero attached hydrogens (tertiary/aromatic N) is 1. The second-order valence-corrected chi connectivity index (χ2v) is 4.83. The van der Waals surface area contributed by atoms with Gasteiger partial charge >= 0.3 is 0 Å². The molecule has 0 aliphatic carbocycles. The molecule has 0 bridgehead atoms. The van der Waals surface area contributed by atoms with E-state index >= 15 is 0 Å². The molecule has 4 heteroatoms. The van der Waals surface area contributed by atoms with Gasteiger partial charge in [-0.15, -0.1) is 0 Å². The van der Waals surface area contributed by atoms with Gasteiger partial charge < -0.3 is 15.7 Å². The van der Waals surface area contributed by atoms with Crippen LogP contribution in [0.25, 0.3) is 0 Å². The molecule has 4 nitrogen and oxygen atoms in total. The van der Waals surface area contributed by atoms with Crippen LogP contribution >= 0.6 is 0 Å². The average Bonchev–Trinajstić information content (AvgIpc) is 2.28.